The second kappa shape index (κ2) is 18.0. The fraction of sp³-hybridized carbons (Fsp3) is 0.528. The van der Waals surface area contributed by atoms with E-state index in [1.54, 1.807) is 7.11 Å². The van der Waals surface area contributed by atoms with Crippen LogP contribution >= 0.6 is 0 Å². The monoisotopic (exact) mass is 646 g/mol. The van der Waals surface area contributed by atoms with Crippen molar-refractivity contribution in [2.45, 2.75) is 52.1 Å². The van der Waals surface area contributed by atoms with E-state index < -0.39 is 0 Å². The van der Waals surface area contributed by atoms with Crippen molar-refractivity contribution in [2.24, 2.45) is 0 Å². The highest BCUT2D eigenvalue weighted by Gasteiger charge is 2.18. The van der Waals surface area contributed by atoms with Crippen LogP contribution in [0.5, 0.6) is 5.75 Å². The number of hydrogen-bond donors (Lipinski definition) is 1. The molecule has 4 aromatic rings. The summed E-state index contributed by atoms with van der Waals surface area (Å²) in [6.45, 7) is 11.2. The molecule has 0 saturated carbocycles. The SMILES string of the molecule is CCCOC(=O)COc1cccc(CN(CCCCn2c(CCOC)nc3c(N)nc4ccccc4c32)CCCN2CCOCC2)c1. The van der Waals surface area contributed by atoms with E-state index in [1.165, 1.54) is 0 Å². The van der Waals surface area contributed by atoms with Crippen molar-refractivity contribution in [3.05, 3.63) is 59.9 Å². The molecule has 3 heterocycles. The first-order valence-electron chi connectivity index (χ1n) is 17.0. The molecule has 1 saturated heterocycles. The fourth-order valence-electron chi connectivity index (χ4n) is 6.14. The van der Waals surface area contributed by atoms with Crippen LogP contribution in [-0.4, -0.2) is 103 Å². The molecule has 0 bridgehead atoms. The predicted octanol–water partition coefficient (Wildman–Crippen LogP) is 4.69. The number of nitrogens with two attached hydrogens (primary N) is 1. The average Bonchev–Trinajstić information content (AvgIpc) is 3.47. The molecule has 0 radical (unpaired) electrons. The molecule has 254 valence electrons. The summed E-state index contributed by atoms with van der Waals surface area (Å²) in [6.07, 6.45) is 4.61. The largest absolute Gasteiger partial charge is 0.482 e. The quantitative estimate of drug-likeness (QED) is 0.114. The molecule has 47 heavy (non-hydrogen) atoms. The highest BCUT2D eigenvalue weighted by molar-refractivity contribution is 6.06. The number of aromatic nitrogens is 3. The van der Waals surface area contributed by atoms with E-state index in [0.29, 0.717) is 31.2 Å². The van der Waals surface area contributed by atoms with Gasteiger partial charge in [-0.3, -0.25) is 9.80 Å². The zero-order valence-electron chi connectivity index (χ0n) is 28.0. The van der Waals surface area contributed by atoms with Gasteiger partial charge < -0.3 is 29.2 Å². The highest BCUT2D eigenvalue weighted by atomic mass is 16.6. The number of hydrogen-bond acceptors (Lipinski definition) is 10. The molecule has 0 spiro atoms. The van der Waals surface area contributed by atoms with Crippen molar-refractivity contribution < 1.29 is 23.7 Å². The second-order valence-corrected chi connectivity index (χ2v) is 12.1. The van der Waals surface area contributed by atoms with Gasteiger partial charge in [-0.1, -0.05) is 37.3 Å². The van der Waals surface area contributed by atoms with Gasteiger partial charge in [-0.2, -0.15) is 0 Å². The fourth-order valence-corrected chi connectivity index (χ4v) is 6.14. The number of unbranched alkanes of at least 4 members (excludes halogenated alkanes) is 1. The summed E-state index contributed by atoms with van der Waals surface area (Å²) in [5.41, 5.74) is 10.3. The third-order valence-electron chi connectivity index (χ3n) is 8.51. The van der Waals surface area contributed by atoms with Gasteiger partial charge in [0.2, 0.25) is 0 Å². The molecule has 5 rings (SSSR count). The van der Waals surface area contributed by atoms with E-state index in [9.17, 15) is 4.79 Å². The van der Waals surface area contributed by atoms with Crippen molar-refractivity contribution >= 4 is 33.7 Å². The Morgan fingerprint density at radius 1 is 1.00 bits per heavy atom. The number of benzene rings is 2. The lowest BCUT2D eigenvalue weighted by Gasteiger charge is -2.28. The van der Waals surface area contributed by atoms with E-state index in [-0.39, 0.29) is 12.6 Å². The van der Waals surface area contributed by atoms with Crippen LogP contribution in [-0.2, 0) is 38.5 Å². The normalized spacial score (nSPS) is 13.9. The number of morpholine rings is 1. The van der Waals surface area contributed by atoms with E-state index >= 15 is 0 Å². The number of nitrogen functional groups attached to an aromatic ring is 1. The second-order valence-electron chi connectivity index (χ2n) is 12.1. The van der Waals surface area contributed by atoms with Gasteiger partial charge in [0.1, 0.15) is 17.1 Å². The number of methoxy groups -OCH3 is 1. The summed E-state index contributed by atoms with van der Waals surface area (Å²) in [7, 11) is 1.72. The topological polar surface area (TPSA) is 117 Å². The summed E-state index contributed by atoms with van der Waals surface area (Å²) in [5, 5.41) is 1.07. The van der Waals surface area contributed by atoms with Crippen molar-refractivity contribution in [1.29, 1.82) is 0 Å². The molecule has 0 aliphatic carbocycles. The first-order chi connectivity index (χ1) is 23.1. The number of imidazole rings is 1. The van der Waals surface area contributed by atoms with Crippen LogP contribution in [0.15, 0.2) is 48.5 Å². The summed E-state index contributed by atoms with van der Waals surface area (Å²) >= 11 is 0. The number of aryl methyl sites for hydroxylation is 1. The number of anilines is 1. The van der Waals surface area contributed by atoms with Gasteiger partial charge in [-0.15, -0.1) is 0 Å². The Morgan fingerprint density at radius 2 is 1.83 bits per heavy atom. The molecule has 2 aromatic heterocycles. The maximum Gasteiger partial charge on any atom is 0.344 e. The van der Waals surface area contributed by atoms with Crippen LogP contribution in [0.4, 0.5) is 5.82 Å². The number of nitrogens with zero attached hydrogens (tertiary/aromatic N) is 5. The molecule has 1 aliphatic rings. The third kappa shape index (κ3) is 9.87. The van der Waals surface area contributed by atoms with Crippen LogP contribution in [0.3, 0.4) is 0 Å². The number of ether oxygens (including phenoxy) is 4. The van der Waals surface area contributed by atoms with Gasteiger partial charge in [-0.05, 0) is 69.1 Å². The first kappa shape index (κ1) is 34.6. The molecule has 11 heteroatoms. The van der Waals surface area contributed by atoms with Gasteiger partial charge in [0.25, 0.3) is 0 Å². The molecule has 1 aliphatic heterocycles. The standard InChI is InChI=1S/C36H50N6O5/c1-3-21-46-33(43)27-47-29-11-8-10-28(25-29)26-41(17-9-16-40-19-23-45-24-20-40)15-6-7-18-42-32(14-22-44-2)39-34-35(42)30-12-4-5-13-31(30)38-36(34)37/h4-5,8,10-13,25H,3,6-7,9,14-24,26-27H2,1-2H3,(H2,37,38). The number of carbonyl (C=O) groups excluding carboxylic acids is 1. The van der Waals surface area contributed by atoms with Crippen LogP contribution in [0.1, 0.15) is 44.0 Å². The van der Waals surface area contributed by atoms with Gasteiger partial charge in [0.15, 0.2) is 12.4 Å². The van der Waals surface area contributed by atoms with Crippen LogP contribution in [0, 0.1) is 0 Å². The number of esters is 1. The van der Waals surface area contributed by atoms with Crippen molar-refractivity contribution in [3.8, 4) is 5.75 Å². The number of rotatable bonds is 19. The molecule has 2 aromatic carbocycles. The first-order valence-corrected chi connectivity index (χ1v) is 17.0. The average molecular weight is 647 g/mol. The smallest absolute Gasteiger partial charge is 0.344 e. The maximum absolute atomic E-state index is 12.0. The van der Waals surface area contributed by atoms with E-state index in [1.807, 2.05) is 43.3 Å². The third-order valence-corrected chi connectivity index (χ3v) is 8.51. The van der Waals surface area contributed by atoms with Crippen LogP contribution < -0.4 is 10.5 Å². The Labute approximate surface area is 277 Å². The van der Waals surface area contributed by atoms with Gasteiger partial charge in [0.05, 0.1) is 37.5 Å². The summed E-state index contributed by atoms with van der Waals surface area (Å²) < 4.78 is 24.2. The van der Waals surface area contributed by atoms with Gasteiger partial charge >= 0.3 is 5.97 Å². The number of fused-ring (bicyclic) bond motifs is 3. The van der Waals surface area contributed by atoms with Crippen LogP contribution in [0.2, 0.25) is 0 Å². The summed E-state index contributed by atoms with van der Waals surface area (Å²) in [5.74, 6) is 1.78. The van der Waals surface area contributed by atoms with Crippen molar-refractivity contribution in [3.63, 3.8) is 0 Å². The molecular weight excluding hydrogens is 596 g/mol. The Kier molecular flexibility index (Phi) is 13.2. The number of carbonyl (C=O) groups is 1. The highest BCUT2D eigenvalue weighted by Crippen LogP contribution is 2.29. The lowest BCUT2D eigenvalue weighted by molar-refractivity contribution is -0.146. The van der Waals surface area contributed by atoms with Crippen LogP contribution in [0.25, 0.3) is 21.9 Å². The summed E-state index contributed by atoms with van der Waals surface area (Å²) in [6, 6.07) is 16.2. The lowest BCUT2D eigenvalue weighted by atomic mass is 10.1. The molecule has 0 amide bonds. The minimum atomic E-state index is -0.343. The van der Waals surface area contributed by atoms with Crippen molar-refractivity contribution in [2.75, 3.05) is 78.6 Å². The molecule has 0 unspecified atom stereocenters. The Hall–Kier alpha value is -3.77. The number of para-hydroxylation sites is 1. The van der Waals surface area contributed by atoms with E-state index in [0.717, 1.165) is 118 Å². The maximum atomic E-state index is 12.0. The molecule has 0 atom stereocenters. The molecular formula is C36H50N6O5. The minimum absolute atomic E-state index is 0.0843. The molecule has 11 nitrogen and oxygen atoms in total. The zero-order valence-corrected chi connectivity index (χ0v) is 28.0. The Bertz CT molecular complexity index is 1570. The lowest BCUT2D eigenvalue weighted by Crippen LogP contribution is -2.38. The molecule has 2 N–H and O–H groups in total. The Morgan fingerprint density at radius 3 is 2.66 bits per heavy atom. The number of pyridine rings is 1. The van der Waals surface area contributed by atoms with E-state index in [4.69, 9.17) is 29.7 Å². The summed E-state index contributed by atoms with van der Waals surface area (Å²) in [4.78, 5) is 26.5. The zero-order chi connectivity index (χ0) is 32.8. The van der Waals surface area contributed by atoms with Gasteiger partial charge in [-0.25, -0.2) is 14.8 Å². The predicted molar refractivity (Wildman–Crippen MR) is 185 cm³/mol. The van der Waals surface area contributed by atoms with Crippen molar-refractivity contribution in [1.82, 2.24) is 24.3 Å². The Balaban J connectivity index is 1.25. The van der Waals surface area contributed by atoms with Gasteiger partial charge in [0, 0.05) is 45.1 Å². The van der Waals surface area contributed by atoms with E-state index in [2.05, 4.69) is 31.5 Å². The molecule has 1 fully saturated rings. The minimum Gasteiger partial charge on any atom is -0.482 e.